The summed E-state index contributed by atoms with van der Waals surface area (Å²) in [6.07, 6.45) is 1.54. The maximum atomic E-state index is 10.2. The fraction of sp³-hybridized carbons (Fsp3) is 0.333. The third kappa shape index (κ3) is 3.62. The van der Waals surface area contributed by atoms with E-state index in [-0.39, 0.29) is 0 Å². The summed E-state index contributed by atoms with van der Waals surface area (Å²) in [4.78, 5) is 20.8. The lowest BCUT2D eigenvalue weighted by atomic mass is 10.2. The van der Waals surface area contributed by atoms with Crippen LogP contribution in [0.3, 0.4) is 0 Å². The van der Waals surface area contributed by atoms with E-state index >= 15 is 0 Å². The minimum Gasteiger partial charge on any atom is -0.379 e. The van der Waals surface area contributed by atoms with Crippen molar-refractivity contribution in [1.29, 1.82) is 0 Å². The molecule has 2 aromatic rings. The molecule has 0 atom stereocenters. The molecule has 0 unspecified atom stereocenters. The number of carbonyl (C=O) groups excluding carboxylic acids is 1. The number of morpholine rings is 1. The first kappa shape index (κ1) is 14.1. The Balaban J connectivity index is 1.70. The van der Waals surface area contributed by atoms with E-state index in [2.05, 4.69) is 20.3 Å². The van der Waals surface area contributed by atoms with Crippen molar-refractivity contribution in [3.63, 3.8) is 0 Å². The van der Waals surface area contributed by atoms with E-state index in [1.165, 1.54) is 6.08 Å². The third-order valence-corrected chi connectivity index (χ3v) is 4.27. The van der Waals surface area contributed by atoms with Gasteiger partial charge in [-0.25, -0.2) is 9.78 Å². The SMILES string of the molecule is O=C=Nc1ccc(-c2nc(CN3CCOCC3)cs2)cc1. The molecule has 1 saturated heterocycles. The van der Waals surface area contributed by atoms with Crippen LogP contribution in [0.4, 0.5) is 5.69 Å². The minimum absolute atomic E-state index is 0.610. The number of aliphatic imine (C=N–C) groups is 1. The predicted molar refractivity (Wildman–Crippen MR) is 81.4 cm³/mol. The lowest BCUT2D eigenvalue weighted by Crippen LogP contribution is -2.35. The molecule has 108 valence electrons. The van der Waals surface area contributed by atoms with Gasteiger partial charge in [-0.1, -0.05) is 0 Å². The van der Waals surface area contributed by atoms with Gasteiger partial charge in [0.25, 0.3) is 0 Å². The number of aromatic nitrogens is 1. The summed E-state index contributed by atoms with van der Waals surface area (Å²) >= 11 is 1.63. The number of rotatable bonds is 4. The first-order valence-electron chi connectivity index (χ1n) is 6.78. The molecule has 0 bridgehead atoms. The van der Waals surface area contributed by atoms with E-state index in [1.807, 2.05) is 12.1 Å². The molecule has 0 amide bonds. The molecule has 1 aromatic carbocycles. The molecule has 6 heteroatoms. The van der Waals surface area contributed by atoms with Crippen molar-refractivity contribution in [3.05, 3.63) is 35.3 Å². The lowest BCUT2D eigenvalue weighted by molar-refractivity contribution is 0.0337. The standard InChI is InChI=1S/C15H15N3O2S/c19-11-16-13-3-1-12(2-4-13)15-17-14(10-21-15)9-18-5-7-20-8-6-18/h1-4,10H,5-9H2. The third-order valence-electron chi connectivity index (χ3n) is 3.33. The van der Waals surface area contributed by atoms with Crippen molar-refractivity contribution in [3.8, 4) is 10.6 Å². The first-order valence-corrected chi connectivity index (χ1v) is 7.66. The second kappa shape index (κ2) is 6.74. The number of hydrogen-bond donors (Lipinski definition) is 0. The Morgan fingerprint density at radius 3 is 2.76 bits per heavy atom. The molecule has 1 aliphatic heterocycles. The molecule has 1 aromatic heterocycles. The monoisotopic (exact) mass is 301 g/mol. The number of thiazole rings is 1. The second-order valence-corrected chi connectivity index (χ2v) is 5.64. The Kier molecular flexibility index (Phi) is 4.52. The highest BCUT2D eigenvalue weighted by Crippen LogP contribution is 2.26. The molecule has 1 fully saturated rings. The summed E-state index contributed by atoms with van der Waals surface area (Å²) in [5, 5.41) is 3.09. The van der Waals surface area contributed by atoms with Crippen LogP contribution in [0.15, 0.2) is 34.6 Å². The fourth-order valence-corrected chi connectivity index (χ4v) is 3.05. The van der Waals surface area contributed by atoms with Crippen molar-refractivity contribution < 1.29 is 9.53 Å². The summed E-state index contributed by atoms with van der Waals surface area (Å²) in [5.41, 5.74) is 2.74. The topological polar surface area (TPSA) is 54.8 Å². The highest BCUT2D eigenvalue weighted by atomic mass is 32.1. The Labute approximate surface area is 126 Å². The van der Waals surface area contributed by atoms with E-state index in [1.54, 1.807) is 23.5 Å². The number of hydrogen-bond acceptors (Lipinski definition) is 6. The molecule has 3 rings (SSSR count). The zero-order valence-electron chi connectivity index (χ0n) is 11.5. The summed E-state index contributed by atoms with van der Waals surface area (Å²) in [5.74, 6) is 0. The number of isocyanates is 1. The van der Waals surface area contributed by atoms with Crippen LogP contribution >= 0.6 is 11.3 Å². The normalized spacial score (nSPS) is 15.6. The molecule has 0 aliphatic carbocycles. The van der Waals surface area contributed by atoms with E-state index in [0.29, 0.717) is 5.69 Å². The quantitative estimate of drug-likeness (QED) is 0.643. The van der Waals surface area contributed by atoms with Gasteiger partial charge in [-0.05, 0) is 24.3 Å². The van der Waals surface area contributed by atoms with Gasteiger partial charge in [-0.15, -0.1) is 11.3 Å². The van der Waals surface area contributed by atoms with E-state index in [0.717, 1.165) is 49.1 Å². The van der Waals surface area contributed by atoms with Crippen LogP contribution in [0.25, 0.3) is 10.6 Å². The highest BCUT2D eigenvalue weighted by Gasteiger charge is 2.13. The highest BCUT2D eigenvalue weighted by molar-refractivity contribution is 7.13. The molecule has 21 heavy (non-hydrogen) atoms. The van der Waals surface area contributed by atoms with Crippen molar-refractivity contribution in [2.24, 2.45) is 4.99 Å². The molecule has 0 spiro atoms. The summed E-state index contributed by atoms with van der Waals surface area (Å²) < 4.78 is 5.35. The Morgan fingerprint density at radius 1 is 1.29 bits per heavy atom. The minimum atomic E-state index is 0.610. The zero-order chi connectivity index (χ0) is 14.5. The van der Waals surface area contributed by atoms with Crippen LogP contribution in [0.2, 0.25) is 0 Å². The molecule has 0 N–H and O–H groups in total. The number of ether oxygens (including phenoxy) is 1. The maximum Gasteiger partial charge on any atom is 0.240 e. The number of nitrogens with zero attached hydrogens (tertiary/aromatic N) is 3. The zero-order valence-corrected chi connectivity index (χ0v) is 12.3. The van der Waals surface area contributed by atoms with E-state index < -0.39 is 0 Å². The van der Waals surface area contributed by atoms with Crippen LogP contribution in [0.5, 0.6) is 0 Å². The van der Waals surface area contributed by atoms with Gasteiger partial charge >= 0.3 is 0 Å². The molecule has 0 radical (unpaired) electrons. The second-order valence-electron chi connectivity index (χ2n) is 4.78. The van der Waals surface area contributed by atoms with Crippen molar-refractivity contribution in [2.45, 2.75) is 6.54 Å². The van der Waals surface area contributed by atoms with Gasteiger partial charge in [0.2, 0.25) is 6.08 Å². The van der Waals surface area contributed by atoms with Crippen molar-refractivity contribution >= 4 is 23.1 Å². The Bertz CT molecular complexity index is 641. The van der Waals surface area contributed by atoms with Gasteiger partial charge in [0, 0.05) is 30.6 Å². The van der Waals surface area contributed by atoms with Crippen LogP contribution in [0.1, 0.15) is 5.69 Å². The maximum absolute atomic E-state index is 10.2. The molecule has 1 aliphatic rings. The predicted octanol–water partition coefficient (Wildman–Crippen LogP) is 2.61. The molecular weight excluding hydrogens is 286 g/mol. The largest absolute Gasteiger partial charge is 0.379 e. The van der Waals surface area contributed by atoms with Crippen LogP contribution in [-0.2, 0) is 16.1 Å². The molecular formula is C15H15N3O2S. The Morgan fingerprint density at radius 2 is 2.05 bits per heavy atom. The smallest absolute Gasteiger partial charge is 0.240 e. The van der Waals surface area contributed by atoms with Crippen molar-refractivity contribution in [1.82, 2.24) is 9.88 Å². The van der Waals surface area contributed by atoms with Crippen LogP contribution in [-0.4, -0.2) is 42.3 Å². The average molecular weight is 301 g/mol. The van der Waals surface area contributed by atoms with Gasteiger partial charge in [-0.2, -0.15) is 4.99 Å². The summed E-state index contributed by atoms with van der Waals surface area (Å²) in [6.45, 7) is 4.40. The molecule has 0 saturated carbocycles. The van der Waals surface area contributed by atoms with E-state index in [9.17, 15) is 4.79 Å². The van der Waals surface area contributed by atoms with Crippen molar-refractivity contribution in [2.75, 3.05) is 26.3 Å². The van der Waals surface area contributed by atoms with E-state index in [4.69, 9.17) is 4.74 Å². The molecule has 2 heterocycles. The van der Waals surface area contributed by atoms with Gasteiger partial charge in [0.1, 0.15) is 5.01 Å². The van der Waals surface area contributed by atoms with Gasteiger partial charge in [-0.3, -0.25) is 4.90 Å². The van der Waals surface area contributed by atoms with Gasteiger partial charge in [0.05, 0.1) is 24.6 Å². The van der Waals surface area contributed by atoms with Gasteiger partial charge in [0.15, 0.2) is 0 Å². The first-order chi connectivity index (χ1) is 10.3. The lowest BCUT2D eigenvalue weighted by Gasteiger charge is -2.25. The summed E-state index contributed by atoms with van der Waals surface area (Å²) in [7, 11) is 0. The van der Waals surface area contributed by atoms with Crippen LogP contribution < -0.4 is 0 Å². The number of benzene rings is 1. The van der Waals surface area contributed by atoms with Crippen LogP contribution in [0, 0.1) is 0 Å². The fourth-order valence-electron chi connectivity index (χ4n) is 2.23. The van der Waals surface area contributed by atoms with Gasteiger partial charge < -0.3 is 4.74 Å². The molecule has 5 nitrogen and oxygen atoms in total. The Hall–Kier alpha value is -1.85. The average Bonchev–Trinajstić information content (AvgIpc) is 2.98. The summed E-state index contributed by atoms with van der Waals surface area (Å²) in [6, 6.07) is 7.44.